The van der Waals surface area contributed by atoms with Crippen molar-refractivity contribution in [3.8, 4) is 0 Å². The van der Waals surface area contributed by atoms with Crippen LogP contribution in [-0.4, -0.2) is 44.3 Å². The van der Waals surface area contributed by atoms with Crippen LogP contribution in [0.1, 0.15) is 26.2 Å². The molecule has 9 heteroatoms. The van der Waals surface area contributed by atoms with Gasteiger partial charge in [0, 0.05) is 13.1 Å². The van der Waals surface area contributed by atoms with E-state index in [1.807, 2.05) is 0 Å². The molecule has 2 heterocycles. The third kappa shape index (κ3) is 2.81. The van der Waals surface area contributed by atoms with Crippen molar-refractivity contribution in [2.45, 2.75) is 30.5 Å². The minimum Gasteiger partial charge on any atom is -0.341 e. The van der Waals surface area contributed by atoms with Gasteiger partial charge in [-0.05, 0) is 26.2 Å². The summed E-state index contributed by atoms with van der Waals surface area (Å²) < 4.78 is -0.980. The molecule has 2 atom stereocenters. The van der Waals surface area contributed by atoms with E-state index in [0.717, 1.165) is 12.8 Å². The lowest BCUT2D eigenvalue weighted by Gasteiger charge is -2.34. The van der Waals surface area contributed by atoms with Gasteiger partial charge in [-0.3, -0.25) is 9.59 Å². The van der Waals surface area contributed by atoms with Gasteiger partial charge in [0.25, 0.3) is 0 Å². The smallest absolute Gasteiger partial charge is 0.231 e. The van der Waals surface area contributed by atoms with Gasteiger partial charge in [0.15, 0.2) is 0 Å². The Balaban J connectivity index is 1.62. The molecule has 2 aliphatic rings. The lowest BCUT2D eigenvalue weighted by Crippen LogP contribution is -2.47. The van der Waals surface area contributed by atoms with Crippen molar-refractivity contribution in [1.29, 1.82) is 0 Å². The van der Waals surface area contributed by atoms with Gasteiger partial charge in [-0.15, -0.1) is 33.4 Å². The van der Waals surface area contributed by atoms with E-state index in [2.05, 4.69) is 15.5 Å². The van der Waals surface area contributed by atoms with Gasteiger partial charge < -0.3 is 10.2 Å². The van der Waals surface area contributed by atoms with Gasteiger partial charge in [-0.2, -0.15) is 0 Å². The molecule has 2 amide bonds. The largest absolute Gasteiger partial charge is 0.341 e. The Morgan fingerprint density at radius 2 is 2.23 bits per heavy atom. The van der Waals surface area contributed by atoms with Crippen LogP contribution >= 0.6 is 34.5 Å². The van der Waals surface area contributed by atoms with E-state index in [1.54, 1.807) is 17.3 Å². The third-order valence-corrected chi connectivity index (χ3v) is 6.11. The minimum atomic E-state index is -0.980. The predicted molar refractivity (Wildman–Crippen MR) is 85.0 cm³/mol. The summed E-state index contributed by atoms with van der Waals surface area (Å²) in [4.78, 5) is 26.6. The fourth-order valence-electron chi connectivity index (χ4n) is 2.79. The van der Waals surface area contributed by atoms with Crippen molar-refractivity contribution in [1.82, 2.24) is 15.1 Å². The second kappa shape index (κ2) is 5.62. The number of hydrogen-bond acceptors (Lipinski definition) is 5. The maximum Gasteiger partial charge on any atom is 0.231 e. The van der Waals surface area contributed by atoms with Gasteiger partial charge in [0.2, 0.25) is 16.9 Å². The summed E-state index contributed by atoms with van der Waals surface area (Å²) in [6, 6.07) is 0. The molecular formula is C13H16Cl2N4O2S. The summed E-state index contributed by atoms with van der Waals surface area (Å²) >= 11 is 13.4. The standard InChI is InChI=1S/C13H16Cl2N4O2S/c1-12(6-13(12,14)15)10(21)19-4-2-3-8(5-19)9(20)17-11-18-16-7-22-11/h7-8H,2-6H2,1H3,(H,17,18,20)/t8-,12+/m1/s1. The predicted octanol–water partition coefficient (Wildman–Crippen LogP) is 2.30. The van der Waals surface area contributed by atoms with E-state index < -0.39 is 9.75 Å². The molecular weight excluding hydrogens is 347 g/mol. The minimum absolute atomic E-state index is 0.0640. The number of amides is 2. The highest BCUT2D eigenvalue weighted by atomic mass is 35.5. The summed E-state index contributed by atoms with van der Waals surface area (Å²) in [6.07, 6.45) is 1.99. The Morgan fingerprint density at radius 3 is 2.82 bits per heavy atom. The zero-order valence-electron chi connectivity index (χ0n) is 12.0. The molecule has 3 rings (SSSR count). The quantitative estimate of drug-likeness (QED) is 0.837. The van der Waals surface area contributed by atoms with Crippen LogP contribution in [0.15, 0.2) is 5.51 Å². The first-order valence-corrected chi connectivity index (χ1v) is 8.71. The average molecular weight is 363 g/mol. The normalized spacial score (nSPS) is 30.0. The number of carbonyl (C=O) groups excluding carboxylic acids is 2. The Kier molecular flexibility index (Phi) is 4.07. The Morgan fingerprint density at radius 1 is 1.50 bits per heavy atom. The van der Waals surface area contributed by atoms with Crippen LogP contribution in [0.2, 0.25) is 0 Å². The molecule has 1 saturated heterocycles. The topological polar surface area (TPSA) is 75.2 Å². The molecule has 22 heavy (non-hydrogen) atoms. The number of rotatable bonds is 3. The van der Waals surface area contributed by atoms with Crippen molar-refractivity contribution in [3.05, 3.63) is 5.51 Å². The van der Waals surface area contributed by atoms with E-state index in [-0.39, 0.29) is 17.7 Å². The highest BCUT2D eigenvalue weighted by Gasteiger charge is 2.68. The third-order valence-electron chi connectivity index (χ3n) is 4.40. The first-order valence-electron chi connectivity index (χ1n) is 7.08. The maximum absolute atomic E-state index is 12.6. The number of carbonyl (C=O) groups is 2. The second-order valence-corrected chi connectivity index (χ2v) is 8.35. The monoisotopic (exact) mass is 362 g/mol. The van der Waals surface area contributed by atoms with E-state index in [0.29, 0.717) is 24.6 Å². The van der Waals surface area contributed by atoms with Crippen molar-refractivity contribution in [2.24, 2.45) is 11.3 Å². The first kappa shape index (κ1) is 16.0. The number of halogens is 2. The highest BCUT2D eigenvalue weighted by molar-refractivity contribution is 7.13. The second-order valence-electron chi connectivity index (χ2n) is 6.04. The van der Waals surface area contributed by atoms with Crippen LogP contribution in [-0.2, 0) is 9.59 Å². The molecule has 1 aromatic rings. The van der Waals surface area contributed by atoms with Gasteiger partial charge in [-0.25, -0.2) is 0 Å². The van der Waals surface area contributed by atoms with Crippen LogP contribution in [0, 0.1) is 11.3 Å². The van der Waals surface area contributed by atoms with Crippen LogP contribution in [0.3, 0.4) is 0 Å². The van der Waals surface area contributed by atoms with E-state index in [9.17, 15) is 9.59 Å². The number of piperidine rings is 1. The molecule has 1 aromatic heterocycles. The summed E-state index contributed by atoms with van der Waals surface area (Å²) in [5.74, 6) is -0.437. The molecule has 0 unspecified atom stereocenters. The molecule has 0 aromatic carbocycles. The molecule has 0 radical (unpaired) electrons. The lowest BCUT2D eigenvalue weighted by molar-refractivity contribution is -0.139. The SMILES string of the molecule is C[C@@]1(C(=O)N2CCC[C@@H](C(=O)Nc3nncs3)C2)CC1(Cl)Cl. The van der Waals surface area contributed by atoms with Crippen molar-refractivity contribution in [3.63, 3.8) is 0 Å². The number of likely N-dealkylation sites (tertiary alicyclic amines) is 1. The fourth-order valence-corrected chi connectivity index (χ4v) is 3.94. The molecule has 120 valence electrons. The van der Waals surface area contributed by atoms with Crippen LogP contribution in [0.4, 0.5) is 5.13 Å². The molecule has 2 fully saturated rings. The molecule has 0 bridgehead atoms. The molecule has 0 spiro atoms. The van der Waals surface area contributed by atoms with Gasteiger partial charge in [-0.1, -0.05) is 11.3 Å². The lowest BCUT2D eigenvalue weighted by atomic mass is 9.95. The van der Waals surface area contributed by atoms with Gasteiger partial charge in [0.05, 0.1) is 11.3 Å². The zero-order chi connectivity index (χ0) is 16.0. The van der Waals surface area contributed by atoms with E-state index in [1.165, 1.54) is 11.3 Å². The summed E-state index contributed by atoms with van der Waals surface area (Å²) in [5, 5.41) is 10.7. The fraction of sp³-hybridized carbons (Fsp3) is 0.692. The number of nitrogens with one attached hydrogen (secondary N) is 1. The molecule has 6 nitrogen and oxygen atoms in total. The van der Waals surface area contributed by atoms with Crippen LogP contribution in [0.5, 0.6) is 0 Å². The Hall–Kier alpha value is -0.920. The van der Waals surface area contributed by atoms with E-state index in [4.69, 9.17) is 23.2 Å². The molecule has 1 N–H and O–H groups in total. The van der Waals surface area contributed by atoms with Crippen LogP contribution < -0.4 is 5.32 Å². The number of anilines is 1. The average Bonchev–Trinajstić information content (AvgIpc) is 2.84. The van der Waals surface area contributed by atoms with Crippen molar-refractivity contribution < 1.29 is 9.59 Å². The number of aromatic nitrogens is 2. The zero-order valence-corrected chi connectivity index (χ0v) is 14.3. The molecule has 1 aliphatic heterocycles. The molecule has 1 saturated carbocycles. The Bertz CT molecular complexity index is 595. The van der Waals surface area contributed by atoms with Crippen molar-refractivity contribution in [2.75, 3.05) is 18.4 Å². The van der Waals surface area contributed by atoms with Gasteiger partial charge in [0.1, 0.15) is 9.84 Å². The Labute approximate surface area is 142 Å². The van der Waals surface area contributed by atoms with Crippen molar-refractivity contribution >= 4 is 51.5 Å². The van der Waals surface area contributed by atoms with Crippen LogP contribution in [0.25, 0.3) is 0 Å². The number of hydrogen-bond donors (Lipinski definition) is 1. The summed E-state index contributed by atoms with van der Waals surface area (Å²) in [5.41, 5.74) is 0.828. The van der Waals surface area contributed by atoms with E-state index >= 15 is 0 Å². The highest BCUT2D eigenvalue weighted by Crippen LogP contribution is 2.64. The first-order chi connectivity index (χ1) is 10.3. The maximum atomic E-state index is 12.6. The number of alkyl halides is 2. The summed E-state index contributed by atoms with van der Waals surface area (Å²) in [6.45, 7) is 2.81. The van der Waals surface area contributed by atoms with Gasteiger partial charge >= 0.3 is 0 Å². The number of nitrogens with zero attached hydrogens (tertiary/aromatic N) is 3. The summed E-state index contributed by atoms with van der Waals surface area (Å²) in [7, 11) is 0. The molecule has 1 aliphatic carbocycles.